The highest BCUT2D eigenvalue weighted by Crippen LogP contribution is 2.27. The second kappa shape index (κ2) is 13.5. The second-order valence-corrected chi connectivity index (χ2v) is 12.0. The number of anilines is 1. The molecule has 1 N–H and O–H groups in total. The molecule has 1 atom stereocenters. The summed E-state index contributed by atoms with van der Waals surface area (Å²) in [7, 11) is -2.55. The van der Waals surface area contributed by atoms with Crippen molar-refractivity contribution in [2.45, 2.75) is 64.6 Å². The summed E-state index contributed by atoms with van der Waals surface area (Å²) < 4.78 is 34.4. The van der Waals surface area contributed by atoms with Crippen LogP contribution in [0.25, 0.3) is 0 Å². The molecule has 3 rings (SSSR count). The summed E-state index contributed by atoms with van der Waals surface area (Å²) in [5, 5.41) is 2.90. The maximum absolute atomic E-state index is 14.1. The number of benzene rings is 3. The van der Waals surface area contributed by atoms with Crippen molar-refractivity contribution >= 4 is 27.5 Å². The fourth-order valence-corrected chi connectivity index (χ4v) is 6.03. The molecular formula is C31H39N3O5S. The predicted molar refractivity (Wildman–Crippen MR) is 158 cm³/mol. The van der Waals surface area contributed by atoms with Crippen molar-refractivity contribution in [3.63, 3.8) is 0 Å². The standard InChI is InChI=1S/C31H39N3O5S/c1-7-29(31(36)32-22(2)3)33(20-25-12-11-13-27(19-25)39-6)30(35)21-34(26-17-23(4)16-24(5)18-26)40(37,38)28-14-9-8-10-15-28/h8-19,22,29H,7,20-21H2,1-6H3,(H,32,36)/t29-/m1/s1. The Balaban J connectivity index is 2.09. The van der Waals surface area contributed by atoms with Gasteiger partial charge in [0.25, 0.3) is 10.0 Å². The van der Waals surface area contributed by atoms with Gasteiger partial charge in [0, 0.05) is 12.6 Å². The molecule has 3 aromatic rings. The van der Waals surface area contributed by atoms with Crippen molar-refractivity contribution in [1.29, 1.82) is 0 Å². The highest BCUT2D eigenvalue weighted by molar-refractivity contribution is 7.92. The third-order valence-corrected chi connectivity index (χ3v) is 8.20. The Bertz CT molecular complexity index is 1400. The van der Waals surface area contributed by atoms with E-state index in [9.17, 15) is 18.0 Å². The maximum Gasteiger partial charge on any atom is 0.264 e. The lowest BCUT2D eigenvalue weighted by atomic mass is 10.1. The zero-order valence-corrected chi connectivity index (χ0v) is 24.9. The van der Waals surface area contributed by atoms with E-state index < -0.39 is 28.5 Å². The first-order valence-electron chi connectivity index (χ1n) is 13.3. The Morgan fingerprint density at radius 2 is 1.57 bits per heavy atom. The van der Waals surface area contributed by atoms with Gasteiger partial charge in [-0.05, 0) is 87.2 Å². The Hall–Kier alpha value is -3.85. The van der Waals surface area contributed by atoms with Gasteiger partial charge in [0.15, 0.2) is 0 Å². The quantitative estimate of drug-likeness (QED) is 0.339. The molecule has 0 saturated carbocycles. The Kier molecular flexibility index (Phi) is 10.3. The number of nitrogens with zero attached hydrogens (tertiary/aromatic N) is 2. The lowest BCUT2D eigenvalue weighted by Gasteiger charge is -2.33. The van der Waals surface area contributed by atoms with Crippen molar-refractivity contribution in [2.24, 2.45) is 0 Å². The van der Waals surface area contributed by atoms with E-state index in [-0.39, 0.29) is 23.4 Å². The van der Waals surface area contributed by atoms with Crippen molar-refractivity contribution in [1.82, 2.24) is 10.2 Å². The van der Waals surface area contributed by atoms with E-state index in [4.69, 9.17) is 4.74 Å². The third-order valence-electron chi connectivity index (χ3n) is 6.41. The number of rotatable bonds is 12. The van der Waals surface area contributed by atoms with Crippen LogP contribution in [0.2, 0.25) is 0 Å². The molecule has 214 valence electrons. The molecule has 0 unspecified atom stereocenters. The first-order valence-corrected chi connectivity index (χ1v) is 14.8. The molecule has 0 aliphatic rings. The first-order chi connectivity index (χ1) is 19.0. The van der Waals surface area contributed by atoms with E-state index in [2.05, 4.69) is 5.32 Å². The van der Waals surface area contributed by atoms with Crippen LogP contribution in [0.15, 0.2) is 77.7 Å². The lowest BCUT2D eigenvalue weighted by Crippen LogP contribution is -2.53. The molecule has 2 amide bonds. The molecule has 0 fully saturated rings. The maximum atomic E-state index is 14.1. The van der Waals surface area contributed by atoms with Crippen LogP contribution in [0.4, 0.5) is 5.69 Å². The smallest absolute Gasteiger partial charge is 0.264 e. The number of hydrogen-bond donors (Lipinski definition) is 1. The SMILES string of the molecule is CC[C@H](C(=O)NC(C)C)N(Cc1cccc(OC)c1)C(=O)CN(c1cc(C)cc(C)c1)S(=O)(=O)c1ccccc1. The highest BCUT2D eigenvalue weighted by Gasteiger charge is 2.34. The molecule has 8 nitrogen and oxygen atoms in total. The van der Waals surface area contributed by atoms with E-state index in [0.29, 0.717) is 17.9 Å². The van der Waals surface area contributed by atoms with Gasteiger partial charge >= 0.3 is 0 Å². The normalized spacial score (nSPS) is 12.1. The van der Waals surface area contributed by atoms with Crippen LogP contribution in [-0.2, 0) is 26.2 Å². The van der Waals surface area contributed by atoms with Crippen molar-refractivity contribution in [3.05, 3.63) is 89.5 Å². The Morgan fingerprint density at radius 1 is 0.925 bits per heavy atom. The van der Waals surface area contributed by atoms with Crippen LogP contribution in [0.3, 0.4) is 0 Å². The molecule has 0 saturated heterocycles. The molecule has 0 aliphatic heterocycles. The van der Waals surface area contributed by atoms with Crippen molar-refractivity contribution in [3.8, 4) is 5.75 Å². The molecular weight excluding hydrogens is 526 g/mol. The summed E-state index contributed by atoms with van der Waals surface area (Å²) in [6.45, 7) is 8.93. The van der Waals surface area contributed by atoms with Crippen molar-refractivity contribution in [2.75, 3.05) is 18.0 Å². The minimum atomic E-state index is -4.11. The average Bonchev–Trinajstić information content (AvgIpc) is 2.91. The minimum Gasteiger partial charge on any atom is -0.497 e. The zero-order chi connectivity index (χ0) is 29.4. The van der Waals surface area contributed by atoms with E-state index in [1.807, 2.05) is 52.8 Å². The van der Waals surface area contributed by atoms with E-state index in [0.717, 1.165) is 21.0 Å². The summed E-state index contributed by atoms with van der Waals surface area (Å²) in [5.74, 6) is -0.169. The fraction of sp³-hybridized carbons (Fsp3) is 0.355. The van der Waals surface area contributed by atoms with Gasteiger partial charge in [0.2, 0.25) is 11.8 Å². The summed E-state index contributed by atoms with van der Waals surface area (Å²) in [6, 6.07) is 19.8. The number of aryl methyl sites for hydroxylation is 2. The predicted octanol–water partition coefficient (Wildman–Crippen LogP) is 4.84. The first kappa shape index (κ1) is 30.7. The molecule has 0 heterocycles. The number of nitrogens with one attached hydrogen (secondary N) is 1. The van der Waals surface area contributed by atoms with Crippen LogP contribution in [0.1, 0.15) is 43.9 Å². The minimum absolute atomic E-state index is 0.0749. The number of hydrogen-bond acceptors (Lipinski definition) is 5. The van der Waals surface area contributed by atoms with Gasteiger partial charge < -0.3 is 15.0 Å². The van der Waals surface area contributed by atoms with Gasteiger partial charge in [0.05, 0.1) is 17.7 Å². The zero-order valence-electron chi connectivity index (χ0n) is 24.0. The second-order valence-electron chi connectivity index (χ2n) is 10.1. The van der Waals surface area contributed by atoms with Gasteiger partial charge in [-0.2, -0.15) is 0 Å². The molecule has 0 aromatic heterocycles. The van der Waals surface area contributed by atoms with Crippen LogP contribution in [0.5, 0.6) is 5.75 Å². The number of amides is 2. The van der Waals surface area contributed by atoms with E-state index in [1.165, 1.54) is 17.0 Å². The van der Waals surface area contributed by atoms with Gasteiger partial charge in [0.1, 0.15) is 18.3 Å². The topological polar surface area (TPSA) is 96.0 Å². The van der Waals surface area contributed by atoms with Gasteiger partial charge in [-0.15, -0.1) is 0 Å². The Labute approximate surface area is 238 Å². The monoisotopic (exact) mass is 565 g/mol. The summed E-state index contributed by atoms with van der Waals surface area (Å²) in [4.78, 5) is 28.9. The van der Waals surface area contributed by atoms with Crippen LogP contribution in [-0.4, -0.2) is 50.9 Å². The third kappa shape index (κ3) is 7.63. The molecule has 0 spiro atoms. The molecule has 40 heavy (non-hydrogen) atoms. The largest absolute Gasteiger partial charge is 0.497 e. The van der Waals surface area contributed by atoms with Crippen LogP contribution >= 0.6 is 0 Å². The molecule has 0 radical (unpaired) electrons. The van der Waals surface area contributed by atoms with Gasteiger partial charge in [-0.25, -0.2) is 8.42 Å². The van der Waals surface area contributed by atoms with Crippen LogP contribution < -0.4 is 14.4 Å². The molecule has 3 aromatic carbocycles. The number of carbonyl (C=O) groups excluding carboxylic acids is 2. The molecule has 0 bridgehead atoms. The number of methoxy groups -OCH3 is 1. The number of sulfonamides is 1. The molecule has 0 aliphatic carbocycles. The summed E-state index contributed by atoms with van der Waals surface area (Å²) in [6.07, 6.45) is 0.350. The van der Waals surface area contributed by atoms with Gasteiger partial charge in [-0.1, -0.05) is 43.3 Å². The van der Waals surface area contributed by atoms with E-state index in [1.54, 1.807) is 49.6 Å². The van der Waals surface area contributed by atoms with Gasteiger partial charge in [-0.3, -0.25) is 13.9 Å². The fourth-order valence-electron chi connectivity index (χ4n) is 4.61. The highest BCUT2D eigenvalue weighted by atomic mass is 32.2. The van der Waals surface area contributed by atoms with Crippen LogP contribution in [0, 0.1) is 13.8 Å². The molecule has 9 heteroatoms. The number of carbonyl (C=O) groups is 2. The number of ether oxygens (including phenoxy) is 1. The van der Waals surface area contributed by atoms with Crippen molar-refractivity contribution < 1.29 is 22.7 Å². The van der Waals surface area contributed by atoms with E-state index >= 15 is 0 Å². The average molecular weight is 566 g/mol. The lowest BCUT2D eigenvalue weighted by molar-refractivity contribution is -0.140. The summed E-state index contributed by atoms with van der Waals surface area (Å²) >= 11 is 0. The summed E-state index contributed by atoms with van der Waals surface area (Å²) in [5.41, 5.74) is 2.88. The Morgan fingerprint density at radius 3 is 2.15 bits per heavy atom.